The highest BCUT2D eigenvalue weighted by Gasteiger charge is 2.59. The van der Waals surface area contributed by atoms with Crippen molar-refractivity contribution in [2.45, 2.75) is 18.0 Å². The van der Waals surface area contributed by atoms with Gasteiger partial charge < -0.3 is 20.6 Å². The molecule has 0 spiro atoms. The van der Waals surface area contributed by atoms with E-state index in [1.165, 1.54) is 7.05 Å². The second kappa shape index (κ2) is 7.32. The molecule has 1 aliphatic heterocycles. The molecule has 4 N–H and O–H groups in total. The van der Waals surface area contributed by atoms with Crippen LogP contribution in [0.4, 0.5) is 23.2 Å². The van der Waals surface area contributed by atoms with E-state index in [4.69, 9.17) is 0 Å². The smallest absolute Gasteiger partial charge is 0.419 e. The zero-order valence-corrected chi connectivity index (χ0v) is 15.6. The van der Waals surface area contributed by atoms with Gasteiger partial charge in [-0.3, -0.25) is 19.3 Å². The summed E-state index contributed by atoms with van der Waals surface area (Å²) in [5.41, 5.74) is -3.05. The molecule has 1 atom stereocenters. The molecule has 1 aliphatic rings. The van der Waals surface area contributed by atoms with Gasteiger partial charge >= 0.3 is 12.1 Å². The fourth-order valence-corrected chi connectivity index (χ4v) is 3.22. The second-order valence-corrected chi connectivity index (χ2v) is 6.62. The monoisotopic (exact) mass is 442 g/mol. The number of aliphatic hydroxyl groups is 2. The van der Waals surface area contributed by atoms with Crippen LogP contribution in [0.2, 0.25) is 0 Å². The van der Waals surface area contributed by atoms with Crippen LogP contribution in [0, 0.1) is 5.82 Å². The summed E-state index contributed by atoms with van der Waals surface area (Å²) < 4.78 is 53.5. The lowest BCUT2D eigenvalue weighted by Crippen LogP contribution is -2.50. The number of hydrogen-bond donors (Lipinski definition) is 4. The van der Waals surface area contributed by atoms with Crippen LogP contribution in [0.5, 0.6) is 5.75 Å². The molecule has 0 bridgehead atoms. The van der Waals surface area contributed by atoms with E-state index < -0.39 is 69.5 Å². The van der Waals surface area contributed by atoms with Crippen LogP contribution in [0.3, 0.4) is 0 Å². The normalized spacial score (nSPS) is 18.4. The number of nitrogens with one attached hydrogen (secondary N) is 1. The fraction of sp³-hybridized carbons (Fsp3) is 0.211. The standard InChI is InChI=1S/C19H14F4N2O6/c1-24-16(28)10-4-3-9(7-12(10)20)25-17(29)14(15(27)19(25,30)31)8-2-5-13(26)11(6-8)18(21,22)23/h2-7,14,26,30-31H,1H3,(H,24,28). The summed E-state index contributed by atoms with van der Waals surface area (Å²) in [6, 6.07) is 4.27. The molecule has 0 radical (unpaired) electrons. The number of nitrogens with zero attached hydrogens (tertiary/aromatic N) is 1. The number of amides is 2. The molecular weight excluding hydrogens is 428 g/mol. The summed E-state index contributed by atoms with van der Waals surface area (Å²) >= 11 is 0. The molecule has 1 saturated heterocycles. The Balaban J connectivity index is 2.08. The van der Waals surface area contributed by atoms with Gasteiger partial charge in [0.15, 0.2) is 0 Å². The predicted octanol–water partition coefficient (Wildman–Crippen LogP) is 1.25. The molecule has 12 heteroatoms. The van der Waals surface area contributed by atoms with Gasteiger partial charge in [-0.25, -0.2) is 4.39 Å². The summed E-state index contributed by atoms with van der Waals surface area (Å²) in [5.74, 6) is -11.6. The molecule has 3 rings (SSSR count). The number of carbonyl (C=O) groups excluding carboxylic acids is 3. The summed E-state index contributed by atoms with van der Waals surface area (Å²) in [7, 11) is 1.24. The number of hydrogen-bond acceptors (Lipinski definition) is 6. The second-order valence-electron chi connectivity index (χ2n) is 6.62. The van der Waals surface area contributed by atoms with E-state index >= 15 is 0 Å². The maximum atomic E-state index is 14.3. The first-order chi connectivity index (χ1) is 14.3. The Labute approximate surface area is 171 Å². The summed E-state index contributed by atoms with van der Waals surface area (Å²) in [5, 5.41) is 32.0. The van der Waals surface area contributed by atoms with Crippen LogP contribution in [0.15, 0.2) is 36.4 Å². The number of phenols is 1. The Hall–Kier alpha value is -3.51. The summed E-state index contributed by atoms with van der Waals surface area (Å²) in [6.07, 6.45) is -5.02. The third-order valence-electron chi connectivity index (χ3n) is 4.71. The maximum absolute atomic E-state index is 14.3. The lowest BCUT2D eigenvalue weighted by Gasteiger charge is -2.26. The van der Waals surface area contributed by atoms with Gasteiger partial charge in [0, 0.05) is 7.05 Å². The Kier molecular flexibility index (Phi) is 5.24. The molecule has 1 heterocycles. The number of anilines is 1. The van der Waals surface area contributed by atoms with Crippen molar-refractivity contribution in [3.05, 3.63) is 58.9 Å². The molecule has 2 aromatic rings. The topological polar surface area (TPSA) is 127 Å². The van der Waals surface area contributed by atoms with Crippen molar-refractivity contribution in [2.24, 2.45) is 0 Å². The predicted molar refractivity (Wildman–Crippen MR) is 95.3 cm³/mol. The molecule has 2 amide bonds. The SMILES string of the molecule is CNC(=O)c1ccc(N2C(=O)C(c3ccc(O)c(C(F)(F)F)c3)C(=O)C2(O)O)cc1F. The van der Waals surface area contributed by atoms with Gasteiger partial charge in [-0.15, -0.1) is 0 Å². The molecule has 164 valence electrons. The minimum Gasteiger partial charge on any atom is -0.507 e. The number of alkyl halides is 3. The van der Waals surface area contributed by atoms with Crippen molar-refractivity contribution in [2.75, 3.05) is 11.9 Å². The first-order valence-electron chi connectivity index (χ1n) is 8.55. The van der Waals surface area contributed by atoms with Gasteiger partial charge in [-0.1, -0.05) is 6.07 Å². The number of rotatable bonds is 3. The van der Waals surface area contributed by atoms with E-state index in [2.05, 4.69) is 5.32 Å². The van der Waals surface area contributed by atoms with Crippen LogP contribution in [-0.4, -0.2) is 45.9 Å². The first kappa shape index (κ1) is 22.2. The van der Waals surface area contributed by atoms with Gasteiger partial charge in [0.1, 0.15) is 17.5 Å². The van der Waals surface area contributed by atoms with Crippen LogP contribution in [-0.2, 0) is 15.8 Å². The number of benzene rings is 2. The highest BCUT2D eigenvalue weighted by Crippen LogP contribution is 2.42. The molecule has 2 aromatic carbocycles. The van der Waals surface area contributed by atoms with Crippen molar-refractivity contribution < 1.29 is 47.3 Å². The molecule has 31 heavy (non-hydrogen) atoms. The maximum Gasteiger partial charge on any atom is 0.419 e. The molecule has 0 aliphatic carbocycles. The number of phenolic OH excluding ortho intramolecular Hbond substituents is 1. The van der Waals surface area contributed by atoms with E-state index in [9.17, 15) is 47.3 Å². The van der Waals surface area contributed by atoms with E-state index in [0.29, 0.717) is 18.2 Å². The van der Waals surface area contributed by atoms with Gasteiger partial charge in [0.25, 0.3) is 5.91 Å². The van der Waals surface area contributed by atoms with Gasteiger partial charge in [-0.2, -0.15) is 13.2 Å². The molecule has 0 saturated carbocycles. The van der Waals surface area contributed by atoms with Crippen LogP contribution < -0.4 is 10.2 Å². The zero-order chi connectivity index (χ0) is 23.3. The van der Waals surface area contributed by atoms with Gasteiger partial charge in [0.05, 0.1) is 16.8 Å². The van der Waals surface area contributed by atoms with Crippen LogP contribution >= 0.6 is 0 Å². The zero-order valence-electron chi connectivity index (χ0n) is 15.6. The average molecular weight is 442 g/mol. The van der Waals surface area contributed by atoms with Crippen LogP contribution in [0.25, 0.3) is 0 Å². The third kappa shape index (κ3) is 3.59. The van der Waals surface area contributed by atoms with Gasteiger partial charge in [-0.05, 0) is 35.9 Å². The molecule has 1 fully saturated rings. The molecule has 0 aromatic heterocycles. The van der Waals surface area contributed by atoms with Crippen molar-refractivity contribution in [1.29, 1.82) is 0 Å². The fourth-order valence-electron chi connectivity index (χ4n) is 3.22. The number of Topliss-reactive ketones (excluding diaryl/α,β-unsaturated/α-hetero) is 1. The van der Waals surface area contributed by atoms with Crippen molar-refractivity contribution in [3.63, 3.8) is 0 Å². The Morgan fingerprint density at radius 3 is 2.32 bits per heavy atom. The summed E-state index contributed by atoms with van der Waals surface area (Å²) in [4.78, 5) is 37.0. The lowest BCUT2D eigenvalue weighted by atomic mass is 9.93. The van der Waals surface area contributed by atoms with Crippen LogP contribution in [0.1, 0.15) is 27.4 Å². The number of aromatic hydroxyl groups is 1. The van der Waals surface area contributed by atoms with E-state index in [1.54, 1.807) is 0 Å². The van der Waals surface area contributed by atoms with E-state index in [-0.39, 0.29) is 4.90 Å². The first-order valence-corrected chi connectivity index (χ1v) is 8.55. The van der Waals surface area contributed by atoms with E-state index in [0.717, 1.165) is 18.2 Å². The minimum absolute atomic E-state index is 0.108. The Morgan fingerprint density at radius 1 is 1.13 bits per heavy atom. The number of ketones is 1. The number of halogens is 4. The van der Waals surface area contributed by atoms with Crippen molar-refractivity contribution in [1.82, 2.24) is 5.32 Å². The molecule has 1 unspecified atom stereocenters. The third-order valence-corrected chi connectivity index (χ3v) is 4.71. The average Bonchev–Trinajstić information content (AvgIpc) is 2.85. The molecule has 8 nitrogen and oxygen atoms in total. The van der Waals surface area contributed by atoms with Gasteiger partial charge in [0.2, 0.25) is 11.7 Å². The highest BCUT2D eigenvalue weighted by molar-refractivity contribution is 6.23. The van der Waals surface area contributed by atoms with E-state index in [1.807, 2.05) is 0 Å². The van der Waals surface area contributed by atoms with Crippen molar-refractivity contribution >= 4 is 23.3 Å². The quantitative estimate of drug-likeness (QED) is 0.322. The summed E-state index contributed by atoms with van der Waals surface area (Å²) in [6.45, 7) is 0. The Morgan fingerprint density at radius 2 is 1.77 bits per heavy atom. The number of carbonyl (C=O) groups is 3. The minimum atomic E-state index is -5.02. The lowest BCUT2D eigenvalue weighted by molar-refractivity contribution is -0.175. The largest absolute Gasteiger partial charge is 0.507 e. The van der Waals surface area contributed by atoms with Crippen molar-refractivity contribution in [3.8, 4) is 5.75 Å². The highest BCUT2D eigenvalue weighted by atomic mass is 19.4. The molecular formula is C19H14F4N2O6. The Bertz CT molecular complexity index is 1100.